The van der Waals surface area contributed by atoms with Crippen LogP contribution >= 0.6 is 0 Å². The average molecular weight is 266 g/mol. The zero-order chi connectivity index (χ0) is 14.2. The molecule has 0 atom stereocenters. The van der Waals surface area contributed by atoms with E-state index in [1.807, 2.05) is 25.7 Å². The minimum Gasteiger partial charge on any atom is -0.464 e. The Morgan fingerprint density at radius 2 is 2.26 bits per heavy atom. The number of carbonyl (C=O) groups is 2. The second kappa shape index (κ2) is 4.65. The second-order valence-electron chi connectivity index (χ2n) is 4.84. The van der Waals surface area contributed by atoms with Crippen LogP contribution in [-0.4, -0.2) is 52.6 Å². The molecule has 0 radical (unpaired) electrons. The van der Waals surface area contributed by atoms with Gasteiger partial charge in [0.2, 0.25) is 11.9 Å². The van der Waals surface area contributed by atoms with Gasteiger partial charge in [0.1, 0.15) is 0 Å². The first-order valence-electron chi connectivity index (χ1n) is 6.13. The molecule has 7 nitrogen and oxygen atoms in total. The number of hydrogen-bond acceptors (Lipinski definition) is 5. The molecule has 0 aromatic carbocycles. The van der Waals surface area contributed by atoms with E-state index in [1.54, 1.807) is 4.90 Å². The zero-order valence-corrected chi connectivity index (χ0v) is 11.6. The molecule has 1 aliphatic rings. The van der Waals surface area contributed by atoms with Gasteiger partial charge in [0.25, 0.3) is 0 Å². The maximum atomic E-state index is 12.1. The first-order valence-corrected chi connectivity index (χ1v) is 6.13. The van der Waals surface area contributed by atoms with E-state index in [1.165, 1.54) is 13.3 Å². The molecule has 19 heavy (non-hydrogen) atoms. The van der Waals surface area contributed by atoms with Crippen LogP contribution in [0.4, 0.5) is 5.95 Å². The van der Waals surface area contributed by atoms with E-state index < -0.39 is 11.6 Å². The van der Waals surface area contributed by atoms with E-state index in [0.717, 1.165) is 6.54 Å². The van der Waals surface area contributed by atoms with Crippen LogP contribution in [0.1, 0.15) is 31.3 Å². The molecule has 1 N–H and O–H groups in total. The number of ether oxygens (including phenoxy) is 1. The van der Waals surface area contributed by atoms with Gasteiger partial charge in [-0.2, -0.15) is 0 Å². The van der Waals surface area contributed by atoms with Crippen molar-refractivity contribution in [2.45, 2.75) is 26.4 Å². The predicted octanol–water partition coefficient (Wildman–Crippen LogP) is 0.601. The van der Waals surface area contributed by atoms with Crippen LogP contribution in [0.2, 0.25) is 0 Å². The molecule has 7 heteroatoms. The van der Waals surface area contributed by atoms with Crippen molar-refractivity contribution in [2.24, 2.45) is 0 Å². The molecule has 1 fully saturated rings. The normalized spacial score (nSPS) is 18.9. The molecule has 2 heterocycles. The maximum absolute atomic E-state index is 12.1. The van der Waals surface area contributed by atoms with E-state index >= 15 is 0 Å². The molecule has 1 saturated heterocycles. The lowest BCUT2D eigenvalue weighted by molar-refractivity contribution is -0.116. The molecular formula is C12H18N4O3. The summed E-state index contributed by atoms with van der Waals surface area (Å²) in [7, 11) is 1.29. The second-order valence-corrected chi connectivity index (χ2v) is 4.84. The molecule has 0 bridgehead atoms. The molecule has 0 spiro atoms. The zero-order valence-electron chi connectivity index (χ0n) is 11.6. The summed E-state index contributed by atoms with van der Waals surface area (Å²) in [6, 6.07) is 0. The van der Waals surface area contributed by atoms with Gasteiger partial charge < -0.3 is 9.72 Å². The molecule has 1 aliphatic heterocycles. The van der Waals surface area contributed by atoms with Crippen molar-refractivity contribution in [1.29, 1.82) is 0 Å². The Balaban J connectivity index is 2.33. The highest BCUT2D eigenvalue weighted by molar-refractivity contribution is 5.97. The summed E-state index contributed by atoms with van der Waals surface area (Å²) in [4.78, 5) is 34.1. The van der Waals surface area contributed by atoms with Crippen molar-refractivity contribution >= 4 is 17.8 Å². The highest BCUT2D eigenvalue weighted by Gasteiger charge is 2.45. The number of likely N-dealkylation sites (N-methyl/N-ethyl adjacent to an activating group) is 1. The highest BCUT2D eigenvalue weighted by atomic mass is 16.5. The van der Waals surface area contributed by atoms with Crippen molar-refractivity contribution in [2.75, 3.05) is 25.1 Å². The Labute approximate surface area is 111 Å². The summed E-state index contributed by atoms with van der Waals surface area (Å²) < 4.78 is 4.60. The van der Waals surface area contributed by atoms with Crippen molar-refractivity contribution in [1.82, 2.24) is 14.9 Å². The predicted molar refractivity (Wildman–Crippen MR) is 68.7 cm³/mol. The number of carbonyl (C=O) groups excluding carboxylic acids is 2. The number of nitrogens with one attached hydrogen (secondary N) is 1. The van der Waals surface area contributed by atoms with Crippen molar-refractivity contribution < 1.29 is 14.3 Å². The largest absolute Gasteiger partial charge is 0.464 e. The third-order valence-corrected chi connectivity index (χ3v) is 3.45. The summed E-state index contributed by atoms with van der Waals surface area (Å²) in [5, 5.41) is 0. The van der Waals surface area contributed by atoms with Crippen LogP contribution in [0.5, 0.6) is 0 Å². The van der Waals surface area contributed by atoms with Crippen molar-refractivity contribution in [3.8, 4) is 0 Å². The fourth-order valence-corrected chi connectivity index (χ4v) is 2.39. The Hall–Kier alpha value is -1.89. The van der Waals surface area contributed by atoms with Crippen molar-refractivity contribution in [3.05, 3.63) is 11.9 Å². The Morgan fingerprint density at radius 3 is 2.79 bits per heavy atom. The maximum Gasteiger partial charge on any atom is 0.358 e. The molecular weight excluding hydrogens is 248 g/mol. The topological polar surface area (TPSA) is 78.5 Å². The van der Waals surface area contributed by atoms with Crippen LogP contribution < -0.4 is 4.90 Å². The van der Waals surface area contributed by atoms with Gasteiger partial charge in [-0.25, -0.2) is 9.78 Å². The van der Waals surface area contributed by atoms with E-state index in [-0.39, 0.29) is 11.6 Å². The number of esters is 1. The fourth-order valence-electron chi connectivity index (χ4n) is 2.39. The monoisotopic (exact) mass is 266 g/mol. The van der Waals surface area contributed by atoms with Gasteiger partial charge in [-0.05, 0) is 20.4 Å². The number of rotatable bonds is 3. The quantitative estimate of drug-likeness (QED) is 0.811. The number of anilines is 1. The average Bonchev–Trinajstić information content (AvgIpc) is 2.91. The summed E-state index contributed by atoms with van der Waals surface area (Å²) in [5.41, 5.74) is -0.312. The smallest absolute Gasteiger partial charge is 0.358 e. The molecule has 0 saturated carbocycles. The summed E-state index contributed by atoms with van der Waals surface area (Å²) in [6.07, 6.45) is 1.44. The number of amides is 1. The minimum absolute atomic E-state index is 0.0439. The van der Waals surface area contributed by atoms with Gasteiger partial charge in [0, 0.05) is 6.20 Å². The van der Waals surface area contributed by atoms with Crippen molar-refractivity contribution in [3.63, 3.8) is 0 Å². The third kappa shape index (κ3) is 2.10. The van der Waals surface area contributed by atoms with Crippen LogP contribution in [0.3, 0.4) is 0 Å². The van der Waals surface area contributed by atoms with Gasteiger partial charge in [-0.1, -0.05) is 6.92 Å². The molecule has 0 unspecified atom stereocenters. The van der Waals surface area contributed by atoms with Gasteiger partial charge in [0.15, 0.2) is 5.69 Å². The first-order chi connectivity index (χ1) is 8.91. The van der Waals surface area contributed by atoms with E-state index in [2.05, 4.69) is 14.7 Å². The number of aromatic amines is 1. The number of aromatic nitrogens is 2. The minimum atomic E-state index is -0.528. The summed E-state index contributed by atoms with van der Waals surface area (Å²) in [5.74, 6) is -0.205. The lowest BCUT2D eigenvalue weighted by atomic mass is 10.2. The van der Waals surface area contributed by atoms with Crippen LogP contribution in [0.25, 0.3) is 0 Å². The molecule has 0 aliphatic carbocycles. The summed E-state index contributed by atoms with van der Waals surface area (Å²) in [6.45, 7) is 7.00. The Bertz CT molecular complexity index is 509. The SMILES string of the molecule is CCN1CC(=O)N(c2nc(C(=O)OC)c[nH]2)C1(C)C. The number of methoxy groups -OCH3 is 1. The van der Waals surface area contributed by atoms with Crippen LogP contribution in [0.15, 0.2) is 6.20 Å². The Morgan fingerprint density at radius 1 is 1.58 bits per heavy atom. The fraction of sp³-hybridized carbons (Fsp3) is 0.583. The first kappa shape index (κ1) is 13.5. The summed E-state index contributed by atoms with van der Waals surface area (Å²) >= 11 is 0. The molecule has 2 rings (SSSR count). The molecule has 104 valence electrons. The number of H-pyrrole nitrogens is 1. The molecule has 1 aromatic rings. The number of imidazole rings is 1. The van der Waals surface area contributed by atoms with Gasteiger partial charge in [-0.15, -0.1) is 0 Å². The highest BCUT2D eigenvalue weighted by Crippen LogP contribution is 2.30. The lowest BCUT2D eigenvalue weighted by Crippen LogP contribution is -2.49. The van der Waals surface area contributed by atoms with Gasteiger partial charge in [-0.3, -0.25) is 14.6 Å². The number of hydrogen-bond donors (Lipinski definition) is 1. The Kier molecular flexibility index (Phi) is 3.32. The van der Waals surface area contributed by atoms with Gasteiger partial charge >= 0.3 is 5.97 Å². The van der Waals surface area contributed by atoms with E-state index in [0.29, 0.717) is 12.5 Å². The standard InChI is InChI=1S/C12H18N4O3/c1-5-15-7-9(17)16(12(15,2)3)11-13-6-8(14-11)10(18)19-4/h6H,5,7H2,1-4H3,(H,13,14). The van der Waals surface area contributed by atoms with E-state index in [9.17, 15) is 9.59 Å². The number of nitrogens with zero attached hydrogens (tertiary/aromatic N) is 3. The van der Waals surface area contributed by atoms with E-state index in [4.69, 9.17) is 0 Å². The third-order valence-electron chi connectivity index (χ3n) is 3.45. The lowest BCUT2D eigenvalue weighted by Gasteiger charge is -2.35. The van der Waals surface area contributed by atoms with Gasteiger partial charge in [0.05, 0.1) is 19.3 Å². The molecule has 1 amide bonds. The van der Waals surface area contributed by atoms with Crippen LogP contribution in [0, 0.1) is 0 Å². The molecule has 1 aromatic heterocycles. The van der Waals surface area contributed by atoms with Crippen LogP contribution in [-0.2, 0) is 9.53 Å².